The van der Waals surface area contributed by atoms with E-state index >= 15 is 0 Å². The summed E-state index contributed by atoms with van der Waals surface area (Å²) in [5.41, 5.74) is 2.70. The van der Waals surface area contributed by atoms with E-state index in [1.54, 1.807) is 20.2 Å². The van der Waals surface area contributed by atoms with Crippen LogP contribution in [0, 0.1) is 29.6 Å². The standard InChI is InChI=1S/C26H30N4O4/c1-17(31)26-27-9-10-30(26)12-20-11-25(34-28-20)19-6-3-18(4-7-19)5-8-22-23-14-29(15-24(22)23)13-21(32)16-33-2/h3-4,6-7,9-11,17,21-24,31-32H,12-16H2,1-2H3/t17-,21?,22?,23-,24+/m0/s1. The van der Waals surface area contributed by atoms with Crippen molar-refractivity contribution in [2.45, 2.75) is 25.7 Å². The summed E-state index contributed by atoms with van der Waals surface area (Å²) < 4.78 is 12.4. The summed E-state index contributed by atoms with van der Waals surface area (Å²) in [5.74, 6) is 9.78. The molecule has 0 spiro atoms. The van der Waals surface area contributed by atoms with Gasteiger partial charge in [0.2, 0.25) is 0 Å². The highest BCUT2D eigenvalue weighted by Crippen LogP contribution is 2.51. The monoisotopic (exact) mass is 462 g/mol. The first-order valence-electron chi connectivity index (χ1n) is 11.7. The third-order valence-corrected chi connectivity index (χ3v) is 6.66. The molecule has 1 aromatic carbocycles. The first kappa shape index (κ1) is 22.8. The van der Waals surface area contributed by atoms with Gasteiger partial charge in [-0.15, -0.1) is 0 Å². The average molecular weight is 463 g/mol. The Bertz CT molecular complexity index is 1160. The molecule has 0 bridgehead atoms. The Balaban J connectivity index is 1.15. The second kappa shape index (κ2) is 9.72. The summed E-state index contributed by atoms with van der Waals surface area (Å²) in [6.45, 7) is 5.26. The molecule has 8 heteroatoms. The molecule has 0 radical (unpaired) electrons. The predicted molar refractivity (Wildman–Crippen MR) is 126 cm³/mol. The van der Waals surface area contributed by atoms with Crippen LogP contribution in [0.5, 0.6) is 0 Å². The van der Waals surface area contributed by atoms with Gasteiger partial charge in [0.25, 0.3) is 0 Å². The number of methoxy groups -OCH3 is 1. The fourth-order valence-electron chi connectivity index (χ4n) is 4.92. The minimum Gasteiger partial charge on any atom is -0.389 e. The van der Waals surface area contributed by atoms with Crippen molar-refractivity contribution in [1.82, 2.24) is 19.6 Å². The minimum atomic E-state index is -0.641. The van der Waals surface area contributed by atoms with Crippen LogP contribution in [-0.2, 0) is 11.3 Å². The van der Waals surface area contributed by atoms with Gasteiger partial charge >= 0.3 is 0 Å². The Morgan fingerprint density at radius 2 is 1.97 bits per heavy atom. The number of imidazole rings is 1. The van der Waals surface area contributed by atoms with Crippen molar-refractivity contribution in [3.63, 3.8) is 0 Å². The minimum absolute atomic E-state index is 0.384. The molecule has 3 aromatic rings. The number of hydrogen-bond donors (Lipinski definition) is 2. The van der Waals surface area contributed by atoms with Gasteiger partial charge in [0.15, 0.2) is 5.76 Å². The number of nitrogens with zero attached hydrogens (tertiary/aromatic N) is 4. The number of fused-ring (bicyclic) bond motifs is 1. The maximum Gasteiger partial charge on any atom is 0.167 e. The summed E-state index contributed by atoms with van der Waals surface area (Å²) in [6.07, 6.45) is 2.43. The third kappa shape index (κ3) is 4.93. The molecular formula is C26H30N4O4. The Hall–Kier alpha value is -2.96. The van der Waals surface area contributed by atoms with E-state index in [1.807, 2.05) is 41.1 Å². The van der Waals surface area contributed by atoms with Gasteiger partial charge in [-0.25, -0.2) is 4.98 Å². The van der Waals surface area contributed by atoms with E-state index in [-0.39, 0.29) is 0 Å². The summed E-state index contributed by atoms with van der Waals surface area (Å²) in [7, 11) is 1.61. The number of benzene rings is 1. The highest BCUT2D eigenvalue weighted by Gasteiger charge is 2.54. The maximum absolute atomic E-state index is 9.90. The van der Waals surface area contributed by atoms with E-state index in [0.717, 1.165) is 29.9 Å². The van der Waals surface area contributed by atoms with Crippen LogP contribution in [-0.4, -0.2) is 69.3 Å². The molecule has 2 unspecified atom stereocenters. The van der Waals surface area contributed by atoms with Crippen LogP contribution >= 0.6 is 0 Å². The van der Waals surface area contributed by atoms with E-state index < -0.39 is 12.2 Å². The van der Waals surface area contributed by atoms with Crippen molar-refractivity contribution in [3.8, 4) is 23.2 Å². The summed E-state index contributed by atoms with van der Waals surface area (Å²) in [5, 5.41) is 23.9. The van der Waals surface area contributed by atoms with Crippen LogP contribution in [0.25, 0.3) is 11.3 Å². The van der Waals surface area contributed by atoms with Crippen molar-refractivity contribution in [2.75, 3.05) is 33.4 Å². The molecule has 3 heterocycles. The molecular weight excluding hydrogens is 432 g/mol. The highest BCUT2D eigenvalue weighted by atomic mass is 16.5. The summed E-state index contributed by atoms with van der Waals surface area (Å²) >= 11 is 0. The number of aromatic nitrogens is 3. The quantitative estimate of drug-likeness (QED) is 0.495. The van der Waals surface area contributed by atoms with Gasteiger partial charge in [0.05, 0.1) is 19.3 Å². The van der Waals surface area contributed by atoms with Gasteiger partial charge in [-0.3, -0.25) is 0 Å². The Morgan fingerprint density at radius 3 is 2.68 bits per heavy atom. The van der Waals surface area contributed by atoms with Gasteiger partial charge in [0, 0.05) is 62.2 Å². The van der Waals surface area contributed by atoms with Crippen molar-refractivity contribution >= 4 is 0 Å². The molecule has 2 aliphatic rings. The molecule has 178 valence electrons. The van der Waals surface area contributed by atoms with Gasteiger partial charge in [0.1, 0.15) is 17.6 Å². The molecule has 1 aliphatic heterocycles. The molecule has 2 aromatic heterocycles. The molecule has 8 nitrogen and oxygen atoms in total. The Kier molecular flexibility index (Phi) is 6.53. The second-order valence-corrected chi connectivity index (χ2v) is 9.30. The molecule has 0 amide bonds. The molecule has 5 rings (SSSR count). The summed E-state index contributed by atoms with van der Waals surface area (Å²) in [6, 6.07) is 9.93. The molecule has 1 saturated carbocycles. The number of aliphatic hydroxyl groups excluding tert-OH is 2. The zero-order valence-corrected chi connectivity index (χ0v) is 19.5. The number of β-amino-alcohol motifs (C(OH)–C–C–N with tert-alkyl or cyclic N) is 1. The van der Waals surface area contributed by atoms with Crippen LogP contribution in [0.3, 0.4) is 0 Å². The first-order chi connectivity index (χ1) is 16.5. The number of hydrogen-bond acceptors (Lipinski definition) is 7. The van der Waals surface area contributed by atoms with E-state index in [4.69, 9.17) is 9.26 Å². The maximum atomic E-state index is 9.90. The lowest BCUT2D eigenvalue weighted by molar-refractivity contribution is 0.0400. The van der Waals surface area contributed by atoms with Gasteiger partial charge < -0.3 is 28.9 Å². The van der Waals surface area contributed by atoms with Crippen molar-refractivity contribution in [2.24, 2.45) is 17.8 Å². The van der Waals surface area contributed by atoms with Crippen LogP contribution in [0.15, 0.2) is 47.2 Å². The van der Waals surface area contributed by atoms with Crippen LogP contribution in [0.4, 0.5) is 0 Å². The number of piperidine rings is 1. The molecule has 2 N–H and O–H groups in total. The summed E-state index contributed by atoms with van der Waals surface area (Å²) in [4.78, 5) is 6.50. The van der Waals surface area contributed by atoms with Gasteiger partial charge in [-0.05, 0) is 43.0 Å². The smallest absolute Gasteiger partial charge is 0.167 e. The zero-order valence-electron chi connectivity index (χ0n) is 19.5. The molecule has 34 heavy (non-hydrogen) atoms. The number of rotatable bonds is 8. The molecule has 5 atom stereocenters. The molecule has 2 fully saturated rings. The largest absolute Gasteiger partial charge is 0.389 e. The first-order valence-corrected chi connectivity index (χ1v) is 11.7. The van der Waals surface area contributed by atoms with Crippen molar-refractivity contribution in [3.05, 3.63) is 59.8 Å². The van der Waals surface area contributed by atoms with E-state index in [0.29, 0.717) is 49.0 Å². The SMILES string of the molecule is COCC(O)CN1C[C@@H]2C(C#Cc3ccc(-c4cc(Cn5ccnc5[C@H](C)O)no4)cc3)[C@@H]2C1. The average Bonchev–Trinajstić information content (AvgIpc) is 3.30. The van der Waals surface area contributed by atoms with E-state index in [1.165, 1.54) is 0 Å². The van der Waals surface area contributed by atoms with Crippen LogP contribution in [0.1, 0.15) is 30.1 Å². The van der Waals surface area contributed by atoms with Crippen LogP contribution < -0.4 is 0 Å². The Labute approximate surface area is 199 Å². The lowest BCUT2D eigenvalue weighted by Crippen LogP contribution is -2.35. The third-order valence-electron chi connectivity index (χ3n) is 6.66. The number of aliphatic hydroxyl groups is 2. The zero-order chi connectivity index (χ0) is 23.7. The van der Waals surface area contributed by atoms with E-state index in [9.17, 15) is 10.2 Å². The molecule has 1 aliphatic carbocycles. The van der Waals surface area contributed by atoms with Crippen molar-refractivity contribution < 1.29 is 19.5 Å². The molecule has 1 saturated heterocycles. The number of ether oxygens (including phenoxy) is 1. The Morgan fingerprint density at radius 1 is 1.21 bits per heavy atom. The van der Waals surface area contributed by atoms with Crippen molar-refractivity contribution in [1.29, 1.82) is 0 Å². The lowest BCUT2D eigenvalue weighted by Gasteiger charge is -2.21. The number of likely N-dealkylation sites (tertiary alicyclic amines) is 1. The highest BCUT2D eigenvalue weighted by molar-refractivity contribution is 5.59. The normalized spacial score (nSPS) is 23.2. The lowest BCUT2D eigenvalue weighted by atomic mass is 10.1. The fourth-order valence-corrected chi connectivity index (χ4v) is 4.92. The van der Waals surface area contributed by atoms with E-state index in [2.05, 4.69) is 26.9 Å². The second-order valence-electron chi connectivity index (χ2n) is 9.30. The van der Waals surface area contributed by atoms with Gasteiger partial charge in [-0.1, -0.05) is 17.0 Å². The predicted octanol–water partition coefficient (Wildman–Crippen LogP) is 2.18. The fraction of sp³-hybridized carbons (Fsp3) is 0.462. The van der Waals surface area contributed by atoms with Gasteiger partial charge in [-0.2, -0.15) is 0 Å². The van der Waals surface area contributed by atoms with Crippen LogP contribution in [0.2, 0.25) is 0 Å². The topological polar surface area (TPSA) is 96.8 Å².